The van der Waals surface area contributed by atoms with Gasteiger partial charge in [-0.2, -0.15) is 13.2 Å². The van der Waals surface area contributed by atoms with Crippen LogP contribution in [0.15, 0.2) is 0 Å². The zero-order valence-electron chi connectivity index (χ0n) is 10.2. The number of hydrogen-bond acceptors (Lipinski definition) is 3. The number of ether oxygens (including phenoxy) is 1. The summed E-state index contributed by atoms with van der Waals surface area (Å²) in [4.78, 5) is 0. The van der Waals surface area contributed by atoms with Gasteiger partial charge >= 0.3 is 6.18 Å². The first-order valence-corrected chi connectivity index (χ1v) is 5.81. The summed E-state index contributed by atoms with van der Waals surface area (Å²) in [6.45, 7) is 2.79. The molecule has 0 amide bonds. The summed E-state index contributed by atoms with van der Waals surface area (Å²) < 4.78 is 42.2. The molecular weight excluding hydrogens is 235 g/mol. The zero-order valence-corrected chi connectivity index (χ0v) is 10.2. The minimum Gasteiger partial charge on any atom is -0.394 e. The molecule has 0 aromatic rings. The lowest BCUT2D eigenvalue weighted by atomic mass is 9.79. The lowest BCUT2D eigenvalue weighted by Gasteiger charge is -2.46. The fourth-order valence-corrected chi connectivity index (χ4v) is 2.20. The van der Waals surface area contributed by atoms with Gasteiger partial charge in [-0.05, 0) is 26.2 Å². The molecule has 0 radical (unpaired) electrons. The van der Waals surface area contributed by atoms with Crippen LogP contribution >= 0.6 is 0 Å². The lowest BCUT2D eigenvalue weighted by Crippen LogP contribution is -2.59. The molecule has 2 N–H and O–H groups in total. The number of rotatable bonds is 4. The summed E-state index contributed by atoms with van der Waals surface area (Å²) in [5, 5.41) is 11.8. The van der Waals surface area contributed by atoms with Gasteiger partial charge in [0.15, 0.2) is 0 Å². The summed E-state index contributed by atoms with van der Waals surface area (Å²) in [6, 6.07) is 0. The fourth-order valence-electron chi connectivity index (χ4n) is 2.20. The average Bonchev–Trinajstić information content (AvgIpc) is 2.26. The molecule has 6 heteroatoms. The summed E-state index contributed by atoms with van der Waals surface area (Å²) in [5.41, 5.74) is -1.34. The Hall–Kier alpha value is -0.330. The van der Waals surface area contributed by atoms with Crippen molar-refractivity contribution in [2.75, 3.05) is 19.8 Å². The van der Waals surface area contributed by atoms with Crippen molar-refractivity contribution < 1.29 is 23.0 Å². The molecular formula is C11H20F3NO2. The van der Waals surface area contributed by atoms with Crippen LogP contribution in [0.2, 0.25) is 0 Å². The fraction of sp³-hybridized carbons (Fsp3) is 1.00. The standard InChI is InChI=1S/C11H20F3NO2/c1-3-9(2)6-10(8-16,4-5-17-9)15-7-11(12,13)14/h15-16H,3-8H2,1-2H3. The third-order valence-electron chi connectivity index (χ3n) is 3.46. The molecule has 0 aromatic carbocycles. The minimum absolute atomic E-state index is 0.304. The maximum Gasteiger partial charge on any atom is 0.401 e. The van der Waals surface area contributed by atoms with E-state index in [4.69, 9.17) is 4.74 Å². The first-order valence-electron chi connectivity index (χ1n) is 5.81. The molecule has 2 atom stereocenters. The van der Waals surface area contributed by atoms with Gasteiger partial charge in [0.05, 0.1) is 18.8 Å². The van der Waals surface area contributed by atoms with Crippen molar-refractivity contribution in [2.24, 2.45) is 0 Å². The predicted molar refractivity (Wildman–Crippen MR) is 57.8 cm³/mol. The molecule has 0 aromatic heterocycles. The second-order valence-corrected chi connectivity index (χ2v) is 4.99. The van der Waals surface area contributed by atoms with E-state index in [9.17, 15) is 18.3 Å². The molecule has 3 nitrogen and oxygen atoms in total. The molecule has 1 heterocycles. The van der Waals surface area contributed by atoms with Crippen molar-refractivity contribution in [3.63, 3.8) is 0 Å². The Kier molecular flexibility index (Phi) is 4.43. The van der Waals surface area contributed by atoms with Crippen molar-refractivity contribution in [1.29, 1.82) is 0 Å². The Labute approximate surface area is 99.3 Å². The monoisotopic (exact) mass is 255 g/mol. The summed E-state index contributed by atoms with van der Waals surface area (Å²) in [6.07, 6.45) is -2.76. The summed E-state index contributed by atoms with van der Waals surface area (Å²) >= 11 is 0. The van der Waals surface area contributed by atoms with Crippen molar-refractivity contribution in [3.8, 4) is 0 Å². The highest BCUT2D eigenvalue weighted by Gasteiger charge is 2.43. The molecule has 0 bridgehead atoms. The molecule has 1 aliphatic rings. The number of halogens is 3. The number of aliphatic hydroxyl groups is 1. The molecule has 17 heavy (non-hydrogen) atoms. The van der Waals surface area contributed by atoms with Crippen LogP contribution in [0, 0.1) is 0 Å². The second kappa shape index (κ2) is 5.12. The first kappa shape index (κ1) is 14.7. The van der Waals surface area contributed by atoms with E-state index in [1.807, 2.05) is 13.8 Å². The summed E-state index contributed by atoms with van der Waals surface area (Å²) in [5.74, 6) is 0. The highest BCUT2D eigenvalue weighted by Crippen LogP contribution is 2.34. The molecule has 0 saturated carbocycles. The molecule has 1 saturated heterocycles. The van der Waals surface area contributed by atoms with E-state index in [1.54, 1.807) is 0 Å². The van der Waals surface area contributed by atoms with Gasteiger partial charge in [-0.3, -0.25) is 0 Å². The Morgan fingerprint density at radius 3 is 2.53 bits per heavy atom. The van der Waals surface area contributed by atoms with Gasteiger partial charge in [-0.15, -0.1) is 0 Å². The van der Waals surface area contributed by atoms with Crippen molar-refractivity contribution in [2.45, 2.75) is 50.4 Å². The van der Waals surface area contributed by atoms with Crippen LogP contribution in [0.1, 0.15) is 33.1 Å². The maximum absolute atomic E-state index is 12.2. The molecule has 2 unspecified atom stereocenters. The van der Waals surface area contributed by atoms with E-state index < -0.39 is 23.9 Å². The third kappa shape index (κ3) is 4.12. The number of nitrogens with one attached hydrogen (secondary N) is 1. The van der Waals surface area contributed by atoms with Gasteiger partial charge in [0.1, 0.15) is 0 Å². The average molecular weight is 255 g/mol. The SMILES string of the molecule is CCC1(C)CC(CO)(NCC(F)(F)F)CCO1. The van der Waals surface area contributed by atoms with Crippen LogP contribution in [-0.2, 0) is 4.74 Å². The minimum atomic E-state index is -4.26. The van der Waals surface area contributed by atoms with Crippen LogP contribution < -0.4 is 5.32 Å². The first-order chi connectivity index (χ1) is 7.74. The number of alkyl halides is 3. The summed E-state index contributed by atoms with van der Waals surface area (Å²) in [7, 11) is 0. The van der Waals surface area contributed by atoms with Crippen LogP contribution in [0.3, 0.4) is 0 Å². The van der Waals surface area contributed by atoms with Crippen molar-refractivity contribution in [3.05, 3.63) is 0 Å². The Morgan fingerprint density at radius 2 is 2.06 bits per heavy atom. The van der Waals surface area contributed by atoms with Gasteiger partial charge in [0.2, 0.25) is 0 Å². The van der Waals surface area contributed by atoms with Gasteiger partial charge < -0.3 is 15.2 Å². The van der Waals surface area contributed by atoms with Gasteiger partial charge in [0.25, 0.3) is 0 Å². The topological polar surface area (TPSA) is 41.5 Å². The third-order valence-corrected chi connectivity index (χ3v) is 3.46. The predicted octanol–water partition coefficient (Wildman–Crippen LogP) is 1.85. The Morgan fingerprint density at radius 1 is 1.41 bits per heavy atom. The van der Waals surface area contributed by atoms with Gasteiger partial charge in [0, 0.05) is 12.1 Å². The van der Waals surface area contributed by atoms with E-state index in [0.29, 0.717) is 25.9 Å². The van der Waals surface area contributed by atoms with Crippen molar-refractivity contribution in [1.82, 2.24) is 5.32 Å². The van der Waals surface area contributed by atoms with E-state index in [-0.39, 0.29) is 6.61 Å². The van der Waals surface area contributed by atoms with Crippen LogP contribution in [0.25, 0.3) is 0 Å². The molecule has 0 aliphatic carbocycles. The molecule has 1 fully saturated rings. The maximum atomic E-state index is 12.2. The molecule has 0 spiro atoms. The van der Waals surface area contributed by atoms with Crippen LogP contribution in [0.4, 0.5) is 13.2 Å². The van der Waals surface area contributed by atoms with E-state index >= 15 is 0 Å². The smallest absolute Gasteiger partial charge is 0.394 e. The van der Waals surface area contributed by atoms with Crippen LogP contribution in [-0.4, -0.2) is 42.2 Å². The quantitative estimate of drug-likeness (QED) is 0.805. The number of hydrogen-bond donors (Lipinski definition) is 2. The normalized spacial score (nSPS) is 34.9. The van der Waals surface area contributed by atoms with Crippen molar-refractivity contribution >= 4 is 0 Å². The van der Waals surface area contributed by atoms with Gasteiger partial charge in [-0.1, -0.05) is 6.92 Å². The molecule has 1 aliphatic heterocycles. The number of aliphatic hydroxyl groups excluding tert-OH is 1. The van der Waals surface area contributed by atoms with E-state index in [1.165, 1.54) is 0 Å². The Balaban J connectivity index is 2.68. The highest BCUT2D eigenvalue weighted by atomic mass is 19.4. The highest BCUT2D eigenvalue weighted by molar-refractivity contribution is 4.98. The molecule has 102 valence electrons. The van der Waals surface area contributed by atoms with Crippen LogP contribution in [0.5, 0.6) is 0 Å². The molecule has 1 rings (SSSR count). The second-order valence-electron chi connectivity index (χ2n) is 4.99. The lowest BCUT2D eigenvalue weighted by molar-refractivity contribution is -0.146. The zero-order chi connectivity index (χ0) is 13.2. The Bertz CT molecular complexity index is 260. The van der Waals surface area contributed by atoms with E-state index in [2.05, 4.69) is 5.32 Å². The van der Waals surface area contributed by atoms with E-state index in [0.717, 1.165) is 0 Å². The largest absolute Gasteiger partial charge is 0.401 e. The van der Waals surface area contributed by atoms with Gasteiger partial charge in [-0.25, -0.2) is 0 Å².